The summed E-state index contributed by atoms with van der Waals surface area (Å²) in [5.41, 5.74) is 1.86. The van der Waals surface area contributed by atoms with Crippen LogP contribution in [0.1, 0.15) is 17.5 Å². The van der Waals surface area contributed by atoms with Crippen LogP contribution in [-0.4, -0.2) is 37.6 Å². The Bertz CT molecular complexity index is 735. The van der Waals surface area contributed by atoms with Gasteiger partial charge in [-0.3, -0.25) is 14.6 Å². The summed E-state index contributed by atoms with van der Waals surface area (Å²) >= 11 is 0. The Morgan fingerprint density at radius 3 is 2.50 bits per heavy atom. The van der Waals surface area contributed by atoms with Gasteiger partial charge in [-0.15, -0.1) is 0 Å². The first-order valence-electron chi connectivity index (χ1n) is 8.25. The monoisotopic (exact) mass is 357 g/mol. The molecule has 0 aliphatic heterocycles. The summed E-state index contributed by atoms with van der Waals surface area (Å²) in [4.78, 5) is 27.7. The van der Waals surface area contributed by atoms with E-state index in [1.54, 1.807) is 38.7 Å². The molecule has 26 heavy (non-hydrogen) atoms. The number of hydrogen-bond acceptors (Lipinski definition) is 5. The average molecular weight is 357 g/mol. The fourth-order valence-electron chi connectivity index (χ4n) is 2.33. The van der Waals surface area contributed by atoms with Crippen LogP contribution in [0.25, 0.3) is 0 Å². The van der Waals surface area contributed by atoms with E-state index in [1.165, 1.54) is 0 Å². The van der Waals surface area contributed by atoms with Gasteiger partial charge in [-0.25, -0.2) is 0 Å². The van der Waals surface area contributed by atoms with E-state index in [4.69, 9.17) is 9.47 Å². The number of aromatic nitrogens is 1. The zero-order chi connectivity index (χ0) is 18.8. The topological polar surface area (TPSA) is 89.5 Å². The molecule has 0 fully saturated rings. The van der Waals surface area contributed by atoms with Crippen molar-refractivity contribution < 1.29 is 19.1 Å². The minimum Gasteiger partial charge on any atom is -0.493 e. The van der Waals surface area contributed by atoms with E-state index in [9.17, 15) is 9.59 Å². The maximum absolute atomic E-state index is 11.9. The number of ether oxygens (including phenoxy) is 2. The second-order valence-electron chi connectivity index (χ2n) is 5.60. The molecule has 2 rings (SSSR count). The van der Waals surface area contributed by atoms with Gasteiger partial charge in [0, 0.05) is 25.4 Å². The second-order valence-corrected chi connectivity index (χ2v) is 5.60. The van der Waals surface area contributed by atoms with Crippen molar-refractivity contribution >= 4 is 11.8 Å². The molecule has 0 aliphatic rings. The molecule has 1 heterocycles. The summed E-state index contributed by atoms with van der Waals surface area (Å²) in [5, 5.41) is 5.35. The van der Waals surface area contributed by atoms with Crippen LogP contribution in [0.3, 0.4) is 0 Å². The Morgan fingerprint density at radius 2 is 1.81 bits per heavy atom. The Balaban J connectivity index is 1.71. The largest absolute Gasteiger partial charge is 0.493 e. The van der Waals surface area contributed by atoms with E-state index in [-0.39, 0.29) is 24.8 Å². The molecule has 7 nitrogen and oxygen atoms in total. The van der Waals surface area contributed by atoms with Crippen molar-refractivity contribution in [1.29, 1.82) is 0 Å². The first-order chi connectivity index (χ1) is 12.6. The van der Waals surface area contributed by atoms with Crippen molar-refractivity contribution in [1.82, 2.24) is 15.6 Å². The summed E-state index contributed by atoms with van der Waals surface area (Å²) in [6.45, 7) is 0.333. The van der Waals surface area contributed by atoms with Crippen LogP contribution in [-0.2, 0) is 22.6 Å². The Kier molecular flexibility index (Phi) is 7.42. The smallest absolute Gasteiger partial charge is 0.239 e. The van der Waals surface area contributed by atoms with Gasteiger partial charge in [0.05, 0.1) is 20.8 Å². The Morgan fingerprint density at radius 1 is 1.00 bits per heavy atom. The number of carbonyl (C=O) groups is 2. The summed E-state index contributed by atoms with van der Waals surface area (Å²) < 4.78 is 10.4. The zero-order valence-electron chi connectivity index (χ0n) is 15.0. The molecular formula is C19H23N3O4. The molecule has 0 saturated carbocycles. The van der Waals surface area contributed by atoms with Gasteiger partial charge in [0.25, 0.3) is 0 Å². The van der Waals surface area contributed by atoms with Crippen molar-refractivity contribution in [2.45, 2.75) is 19.4 Å². The molecule has 0 radical (unpaired) electrons. The van der Waals surface area contributed by atoms with Gasteiger partial charge in [0.15, 0.2) is 11.5 Å². The number of amides is 2. The van der Waals surface area contributed by atoms with Crippen molar-refractivity contribution in [3.63, 3.8) is 0 Å². The molecule has 138 valence electrons. The lowest BCUT2D eigenvalue weighted by atomic mass is 10.1. The van der Waals surface area contributed by atoms with Crippen LogP contribution < -0.4 is 20.1 Å². The molecule has 1 aromatic heterocycles. The normalized spacial score (nSPS) is 10.1. The molecule has 2 aromatic rings. The van der Waals surface area contributed by atoms with Gasteiger partial charge in [-0.2, -0.15) is 0 Å². The SMILES string of the molecule is COc1ccc(CCC(=O)NCC(=O)NCc2cccnc2)cc1OC. The molecule has 2 amide bonds. The third-order valence-corrected chi connectivity index (χ3v) is 3.75. The summed E-state index contributed by atoms with van der Waals surface area (Å²) in [5.74, 6) is 0.843. The van der Waals surface area contributed by atoms with E-state index in [1.807, 2.05) is 18.2 Å². The number of methoxy groups -OCH3 is 2. The molecule has 0 spiro atoms. The highest BCUT2D eigenvalue weighted by atomic mass is 16.5. The zero-order valence-corrected chi connectivity index (χ0v) is 15.0. The summed E-state index contributed by atoms with van der Waals surface area (Å²) in [6.07, 6.45) is 4.18. The number of carbonyl (C=O) groups excluding carboxylic acids is 2. The van der Waals surface area contributed by atoms with Gasteiger partial charge in [-0.05, 0) is 35.7 Å². The van der Waals surface area contributed by atoms with Crippen molar-refractivity contribution in [2.75, 3.05) is 20.8 Å². The first kappa shape index (κ1) is 19.2. The van der Waals surface area contributed by atoms with Crippen molar-refractivity contribution in [3.8, 4) is 11.5 Å². The molecule has 0 unspecified atom stereocenters. The lowest BCUT2D eigenvalue weighted by Gasteiger charge is -2.10. The second kappa shape index (κ2) is 10.0. The van der Waals surface area contributed by atoms with Gasteiger partial charge in [-0.1, -0.05) is 12.1 Å². The molecule has 1 aromatic carbocycles. The van der Waals surface area contributed by atoms with Gasteiger partial charge in [0.2, 0.25) is 11.8 Å². The molecule has 7 heteroatoms. The molecular weight excluding hydrogens is 334 g/mol. The van der Waals surface area contributed by atoms with E-state index in [0.29, 0.717) is 24.5 Å². The standard InChI is InChI=1S/C19H23N3O4/c1-25-16-7-5-14(10-17(16)26-2)6-8-18(23)22-13-19(24)21-12-15-4-3-9-20-11-15/h3-5,7,9-11H,6,8,12-13H2,1-2H3,(H,21,24)(H,22,23). The van der Waals surface area contributed by atoms with Crippen molar-refractivity contribution in [3.05, 3.63) is 53.9 Å². The minimum absolute atomic E-state index is 0.0506. The maximum Gasteiger partial charge on any atom is 0.239 e. The predicted octanol–water partition coefficient (Wildman–Crippen LogP) is 1.46. The molecule has 0 atom stereocenters. The third-order valence-electron chi connectivity index (χ3n) is 3.75. The first-order valence-corrected chi connectivity index (χ1v) is 8.25. The fourth-order valence-corrected chi connectivity index (χ4v) is 2.33. The molecule has 2 N–H and O–H groups in total. The van der Waals surface area contributed by atoms with Gasteiger partial charge >= 0.3 is 0 Å². The lowest BCUT2D eigenvalue weighted by Crippen LogP contribution is -2.36. The fraction of sp³-hybridized carbons (Fsp3) is 0.316. The van der Waals surface area contributed by atoms with E-state index >= 15 is 0 Å². The number of benzene rings is 1. The quantitative estimate of drug-likeness (QED) is 0.709. The Hall–Kier alpha value is -3.09. The third kappa shape index (κ3) is 6.08. The van der Waals surface area contributed by atoms with Crippen LogP contribution in [0.4, 0.5) is 0 Å². The lowest BCUT2D eigenvalue weighted by molar-refractivity contribution is -0.126. The van der Waals surface area contributed by atoms with Crippen LogP contribution in [0.5, 0.6) is 11.5 Å². The van der Waals surface area contributed by atoms with Crippen molar-refractivity contribution in [2.24, 2.45) is 0 Å². The van der Waals surface area contributed by atoms with Gasteiger partial charge in [0.1, 0.15) is 0 Å². The average Bonchev–Trinajstić information content (AvgIpc) is 2.69. The number of aryl methyl sites for hydroxylation is 1. The highest BCUT2D eigenvalue weighted by Crippen LogP contribution is 2.27. The van der Waals surface area contributed by atoms with E-state index < -0.39 is 0 Å². The number of hydrogen-bond donors (Lipinski definition) is 2. The van der Waals surface area contributed by atoms with Crippen LogP contribution >= 0.6 is 0 Å². The predicted molar refractivity (Wildman–Crippen MR) is 97.0 cm³/mol. The molecule has 0 aliphatic carbocycles. The summed E-state index contributed by atoms with van der Waals surface area (Å²) in [6, 6.07) is 9.20. The van der Waals surface area contributed by atoms with Crippen LogP contribution in [0.15, 0.2) is 42.7 Å². The number of pyridine rings is 1. The van der Waals surface area contributed by atoms with E-state index in [2.05, 4.69) is 15.6 Å². The number of rotatable bonds is 9. The number of nitrogens with zero attached hydrogens (tertiary/aromatic N) is 1. The van der Waals surface area contributed by atoms with Crippen LogP contribution in [0, 0.1) is 0 Å². The highest BCUT2D eigenvalue weighted by molar-refractivity contribution is 5.84. The van der Waals surface area contributed by atoms with E-state index in [0.717, 1.165) is 11.1 Å². The highest BCUT2D eigenvalue weighted by Gasteiger charge is 2.08. The van der Waals surface area contributed by atoms with Crippen LogP contribution in [0.2, 0.25) is 0 Å². The summed E-state index contributed by atoms with van der Waals surface area (Å²) in [7, 11) is 3.14. The van der Waals surface area contributed by atoms with Gasteiger partial charge < -0.3 is 20.1 Å². The molecule has 0 saturated heterocycles. The number of nitrogens with one attached hydrogen (secondary N) is 2. The molecule has 0 bridgehead atoms. The Labute approximate surface area is 152 Å². The maximum atomic E-state index is 11.9. The minimum atomic E-state index is -0.242.